The van der Waals surface area contributed by atoms with E-state index in [0.29, 0.717) is 22.9 Å². The van der Waals surface area contributed by atoms with Crippen LogP contribution >= 0.6 is 0 Å². The molecule has 27 heavy (non-hydrogen) atoms. The van der Waals surface area contributed by atoms with Gasteiger partial charge in [0, 0.05) is 7.05 Å². The summed E-state index contributed by atoms with van der Waals surface area (Å²) in [6.07, 6.45) is -0.589. The van der Waals surface area contributed by atoms with E-state index in [2.05, 4.69) is 5.32 Å². The topological polar surface area (TPSA) is 77.1 Å². The molecule has 2 aromatic carbocycles. The smallest absolute Gasteiger partial charge is 0.262 e. The molecule has 0 unspecified atom stereocenters. The fourth-order valence-electron chi connectivity index (χ4n) is 3.03. The highest BCUT2D eigenvalue weighted by atomic mass is 16.5. The van der Waals surface area contributed by atoms with Gasteiger partial charge in [-0.2, -0.15) is 0 Å². The van der Waals surface area contributed by atoms with E-state index >= 15 is 0 Å². The summed E-state index contributed by atoms with van der Waals surface area (Å²) < 4.78 is 16.3. The summed E-state index contributed by atoms with van der Waals surface area (Å²) in [7, 11) is 4.66. The van der Waals surface area contributed by atoms with Crippen molar-refractivity contribution in [3.05, 3.63) is 48.0 Å². The first-order valence-electron chi connectivity index (χ1n) is 8.56. The summed E-state index contributed by atoms with van der Waals surface area (Å²) >= 11 is 0. The Morgan fingerprint density at radius 1 is 1.15 bits per heavy atom. The van der Waals surface area contributed by atoms with E-state index in [-0.39, 0.29) is 24.8 Å². The molecule has 1 heterocycles. The molecule has 1 atom stereocenters. The first-order valence-corrected chi connectivity index (χ1v) is 8.56. The fourth-order valence-corrected chi connectivity index (χ4v) is 3.03. The van der Waals surface area contributed by atoms with Crippen molar-refractivity contribution >= 4 is 17.5 Å². The van der Waals surface area contributed by atoms with Gasteiger partial charge < -0.3 is 24.4 Å². The van der Waals surface area contributed by atoms with Crippen molar-refractivity contribution in [3.63, 3.8) is 0 Å². The number of ether oxygens (including phenoxy) is 3. The second-order valence-electron chi connectivity index (χ2n) is 6.06. The molecule has 0 aliphatic carbocycles. The van der Waals surface area contributed by atoms with Gasteiger partial charge in [-0.3, -0.25) is 9.59 Å². The summed E-state index contributed by atoms with van der Waals surface area (Å²) in [4.78, 5) is 26.7. The summed E-state index contributed by atoms with van der Waals surface area (Å²) in [5.74, 6) is 1.27. The highest BCUT2D eigenvalue weighted by molar-refractivity contribution is 5.98. The largest absolute Gasteiger partial charge is 0.493 e. The monoisotopic (exact) mass is 370 g/mol. The van der Waals surface area contributed by atoms with Gasteiger partial charge in [-0.1, -0.05) is 18.2 Å². The minimum atomic E-state index is -0.751. The number of benzene rings is 2. The Bertz CT molecular complexity index is 852. The van der Waals surface area contributed by atoms with Crippen molar-refractivity contribution in [2.45, 2.75) is 12.5 Å². The molecule has 2 aromatic rings. The van der Waals surface area contributed by atoms with Crippen molar-refractivity contribution in [2.75, 3.05) is 32.7 Å². The molecule has 0 bridgehead atoms. The number of methoxy groups -OCH3 is 2. The zero-order valence-electron chi connectivity index (χ0n) is 15.5. The second-order valence-corrected chi connectivity index (χ2v) is 6.06. The lowest BCUT2D eigenvalue weighted by Crippen LogP contribution is -2.50. The molecular formula is C20H22N2O5. The molecule has 0 spiro atoms. The fraction of sp³-hybridized carbons (Fsp3) is 0.300. The number of hydrogen-bond donors (Lipinski definition) is 1. The number of hydrogen-bond acceptors (Lipinski definition) is 5. The maximum Gasteiger partial charge on any atom is 0.262 e. The Hall–Kier alpha value is -3.22. The molecule has 7 nitrogen and oxygen atoms in total. The average Bonchev–Trinajstić information content (AvgIpc) is 2.72. The molecule has 0 aromatic heterocycles. The molecule has 142 valence electrons. The van der Waals surface area contributed by atoms with Crippen LogP contribution in [0.1, 0.15) is 5.56 Å². The van der Waals surface area contributed by atoms with Crippen molar-refractivity contribution in [1.82, 2.24) is 5.32 Å². The Balaban J connectivity index is 1.86. The van der Waals surface area contributed by atoms with Crippen LogP contribution in [0.3, 0.4) is 0 Å². The first-order chi connectivity index (χ1) is 13.1. The summed E-state index contributed by atoms with van der Waals surface area (Å²) in [6.45, 7) is 0.156. The predicted molar refractivity (Wildman–Crippen MR) is 101 cm³/mol. The van der Waals surface area contributed by atoms with Crippen LogP contribution in [0.4, 0.5) is 5.69 Å². The van der Waals surface area contributed by atoms with Gasteiger partial charge in [0.1, 0.15) is 5.75 Å². The zero-order valence-corrected chi connectivity index (χ0v) is 15.5. The molecule has 0 radical (unpaired) electrons. The van der Waals surface area contributed by atoms with E-state index in [1.807, 2.05) is 24.3 Å². The summed E-state index contributed by atoms with van der Waals surface area (Å²) in [6, 6.07) is 12.6. The highest BCUT2D eigenvalue weighted by Gasteiger charge is 2.33. The third-order valence-electron chi connectivity index (χ3n) is 4.42. The van der Waals surface area contributed by atoms with Crippen LogP contribution in [-0.2, 0) is 16.0 Å². The van der Waals surface area contributed by atoms with Gasteiger partial charge in [-0.25, -0.2) is 0 Å². The van der Waals surface area contributed by atoms with E-state index in [0.717, 1.165) is 5.56 Å². The number of likely N-dealkylation sites (N-methyl/N-ethyl adjacent to an activating group) is 1. The standard InChI is InChI=1S/C20H22N2O5/c1-21-20(24)18-12-22(14-6-4-5-7-15(14)27-18)19(23)11-13-8-9-16(25-2)17(10-13)26-3/h4-10,18H,11-12H2,1-3H3,(H,21,24)/t18-/m1/s1. The van der Waals surface area contributed by atoms with E-state index in [1.165, 1.54) is 0 Å². The summed E-state index contributed by atoms with van der Waals surface area (Å²) in [5.41, 5.74) is 1.45. The van der Waals surface area contributed by atoms with Crippen LogP contribution in [-0.4, -0.2) is 45.7 Å². The number of carbonyl (C=O) groups excluding carboxylic acids is 2. The number of fused-ring (bicyclic) bond motifs is 1. The molecule has 1 N–H and O–H groups in total. The number of carbonyl (C=O) groups is 2. The van der Waals surface area contributed by atoms with Gasteiger partial charge in [0.25, 0.3) is 5.91 Å². The third kappa shape index (κ3) is 3.81. The quantitative estimate of drug-likeness (QED) is 0.868. The van der Waals surface area contributed by atoms with Gasteiger partial charge in [-0.15, -0.1) is 0 Å². The number of anilines is 1. The predicted octanol–water partition coefficient (Wildman–Crippen LogP) is 1.79. The first kappa shape index (κ1) is 18.6. The van der Waals surface area contributed by atoms with E-state index in [4.69, 9.17) is 14.2 Å². The normalized spacial score (nSPS) is 15.4. The average molecular weight is 370 g/mol. The van der Waals surface area contributed by atoms with Crippen molar-refractivity contribution in [2.24, 2.45) is 0 Å². The Morgan fingerprint density at radius 3 is 2.59 bits per heavy atom. The van der Waals surface area contributed by atoms with Crippen LogP contribution in [0.25, 0.3) is 0 Å². The minimum absolute atomic E-state index is 0.133. The lowest BCUT2D eigenvalue weighted by molar-refractivity contribution is -0.127. The van der Waals surface area contributed by atoms with Crippen molar-refractivity contribution in [3.8, 4) is 17.2 Å². The van der Waals surface area contributed by atoms with Gasteiger partial charge in [0.05, 0.1) is 32.9 Å². The SMILES string of the molecule is CNC(=O)[C@H]1CN(C(=O)Cc2ccc(OC)c(OC)c2)c2ccccc2O1. The summed E-state index contributed by atoms with van der Waals surface area (Å²) in [5, 5.41) is 2.57. The molecule has 3 rings (SSSR count). The van der Waals surface area contributed by atoms with Crippen molar-refractivity contribution in [1.29, 1.82) is 0 Å². The van der Waals surface area contributed by atoms with Gasteiger partial charge in [0.2, 0.25) is 5.91 Å². The number of nitrogens with zero attached hydrogens (tertiary/aromatic N) is 1. The second kappa shape index (κ2) is 7.99. The molecule has 0 fully saturated rings. The molecule has 1 aliphatic heterocycles. The van der Waals surface area contributed by atoms with Crippen LogP contribution in [0.2, 0.25) is 0 Å². The molecular weight excluding hydrogens is 348 g/mol. The van der Waals surface area contributed by atoms with E-state index in [1.54, 1.807) is 44.4 Å². The lowest BCUT2D eigenvalue weighted by Gasteiger charge is -2.34. The Kier molecular flexibility index (Phi) is 5.49. The Labute approximate surface area is 157 Å². The number of para-hydroxylation sites is 2. The molecule has 7 heteroatoms. The minimum Gasteiger partial charge on any atom is -0.493 e. The number of amides is 2. The van der Waals surface area contributed by atoms with E-state index in [9.17, 15) is 9.59 Å². The van der Waals surface area contributed by atoms with Crippen LogP contribution in [0, 0.1) is 0 Å². The maximum atomic E-state index is 13.0. The third-order valence-corrected chi connectivity index (χ3v) is 4.42. The van der Waals surface area contributed by atoms with Gasteiger partial charge >= 0.3 is 0 Å². The van der Waals surface area contributed by atoms with Gasteiger partial charge in [-0.05, 0) is 29.8 Å². The highest BCUT2D eigenvalue weighted by Crippen LogP contribution is 2.34. The molecule has 2 amide bonds. The number of nitrogens with one attached hydrogen (secondary N) is 1. The Morgan fingerprint density at radius 2 is 1.89 bits per heavy atom. The molecule has 1 aliphatic rings. The van der Waals surface area contributed by atoms with Crippen LogP contribution < -0.4 is 24.4 Å². The van der Waals surface area contributed by atoms with Gasteiger partial charge in [0.15, 0.2) is 17.6 Å². The van der Waals surface area contributed by atoms with Crippen LogP contribution in [0.15, 0.2) is 42.5 Å². The maximum absolute atomic E-state index is 13.0. The van der Waals surface area contributed by atoms with Crippen molar-refractivity contribution < 1.29 is 23.8 Å². The lowest BCUT2D eigenvalue weighted by atomic mass is 10.1. The molecule has 0 saturated carbocycles. The zero-order chi connectivity index (χ0) is 19.4. The van der Waals surface area contributed by atoms with Crippen LogP contribution in [0.5, 0.6) is 17.2 Å². The number of rotatable bonds is 5. The van der Waals surface area contributed by atoms with E-state index < -0.39 is 6.10 Å². The molecule has 0 saturated heterocycles.